The minimum atomic E-state index is -0.620. The van der Waals surface area contributed by atoms with Crippen LogP contribution in [0.3, 0.4) is 0 Å². The Kier molecular flexibility index (Phi) is 4.72. The summed E-state index contributed by atoms with van der Waals surface area (Å²) in [5.74, 6) is -0.296. The van der Waals surface area contributed by atoms with E-state index in [2.05, 4.69) is 10.3 Å². The summed E-state index contributed by atoms with van der Waals surface area (Å²) in [7, 11) is 0. The molecule has 1 aromatic carbocycles. The predicted molar refractivity (Wildman–Crippen MR) is 106 cm³/mol. The molecule has 0 fully saturated rings. The van der Waals surface area contributed by atoms with Crippen LogP contribution in [0.1, 0.15) is 61.8 Å². The Morgan fingerprint density at radius 2 is 1.86 bits per heavy atom. The third-order valence-corrected chi connectivity index (χ3v) is 5.05. The second-order valence-corrected chi connectivity index (χ2v) is 7.04. The van der Waals surface area contributed by atoms with Gasteiger partial charge in [0.1, 0.15) is 11.3 Å². The van der Waals surface area contributed by atoms with Crippen LogP contribution in [0, 0.1) is 0 Å². The van der Waals surface area contributed by atoms with Gasteiger partial charge in [-0.3, -0.25) is 19.2 Å². The first-order valence-electron chi connectivity index (χ1n) is 9.17. The topological polar surface area (TPSA) is 109 Å². The number of ketones is 2. The number of anilines is 1. The third-order valence-electron chi connectivity index (χ3n) is 5.05. The molecule has 7 nitrogen and oxygen atoms in total. The highest BCUT2D eigenvalue weighted by atomic mass is 16.3. The molecule has 0 saturated carbocycles. The molecule has 146 valence electrons. The maximum atomic E-state index is 12.6. The number of amides is 1. The molecule has 0 saturated heterocycles. The molecule has 0 bridgehead atoms. The molecule has 4 rings (SSSR count). The van der Waals surface area contributed by atoms with E-state index in [0.29, 0.717) is 34.7 Å². The van der Waals surface area contributed by atoms with Gasteiger partial charge in [-0.15, -0.1) is 0 Å². The number of Topliss-reactive ketones (excluding diaryl/α,β-unsaturated/α-hetero) is 2. The summed E-state index contributed by atoms with van der Waals surface area (Å²) < 4.78 is 5.39. The van der Waals surface area contributed by atoms with Gasteiger partial charge in [-0.2, -0.15) is 0 Å². The maximum absolute atomic E-state index is 12.6. The van der Waals surface area contributed by atoms with Gasteiger partial charge >= 0.3 is 0 Å². The average Bonchev–Trinajstić information content (AvgIpc) is 3.22. The van der Waals surface area contributed by atoms with Crippen LogP contribution in [0.2, 0.25) is 0 Å². The molecule has 0 unspecified atom stereocenters. The first kappa shape index (κ1) is 18.6. The van der Waals surface area contributed by atoms with Crippen LogP contribution in [0.4, 0.5) is 5.69 Å². The van der Waals surface area contributed by atoms with E-state index < -0.39 is 11.5 Å². The Morgan fingerprint density at radius 3 is 2.52 bits per heavy atom. The minimum absolute atomic E-state index is 0.0830. The molecular weight excluding hydrogens is 372 g/mol. The van der Waals surface area contributed by atoms with Gasteiger partial charge in [-0.05, 0) is 55.8 Å². The van der Waals surface area contributed by atoms with Crippen molar-refractivity contribution >= 4 is 23.2 Å². The molecule has 1 amide bonds. The number of nitrogens with one attached hydrogen (secondary N) is 2. The quantitative estimate of drug-likeness (QED) is 0.664. The first-order valence-corrected chi connectivity index (χ1v) is 9.17. The summed E-state index contributed by atoms with van der Waals surface area (Å²) in [6.07, 6.45) is 2.26. The lowest BCUT2D eigenvalue weighted by molar-refractivity contribution is 0.0957. The molecule has 0 aliphatic heterocycles. The largest absolute Gasteiger partial charge is 0.469 e. The van der Waals surface area contributed by atoms with Gasteiger partial charge in [0.25, 0.3) is 11.5 Å². The van der Waals surface area contributed by atoms with E-state index in [1.54, 1.807) is 42.7 Å². The summed E-state index contributed by atoms with van der Waals surface area (Å²) >= 11 is 0. The summed E-state index contributed by atoms with van der Waals surface area (Å²) in [6, 6.07) is 11.3. The molecule has 2 N–H and O–H groups in total. The number of fused-ring (bicyclic) bond motifs is 1. The van der Waals surface area contributed by atoms with E-state index in [1.807, 2.05) is 0 Å². The molecule has 2 heterocycles. The van der Waals surface area contributed by atoms with Crippen molar-refractivity contribution in [3.05, 3.63) is 87.2 Å². The third kappa shape index (κ3) is 3.67. The lowest BCUT2D eigenvalue weighted by Crippen LogP contribution is -2.29. The van der Waals surface area contributed by atoms with E-state index in [0.717, 1.165) is 0 Å². The molecule has 1 aliphatic rings. The van der Waals surface area contributed by atoms with Gasteiger partial charge in [0, 0.05) is 34.8 Å². The van der Waals surface area contributed by atoms with Gasteiger partial charge in [0.2, 0.25) is 0 Å². The van der Waals surface area contributed by atoms with Crippen molar-refractivity contribution < 1.29 is 18.8 Å². The van der Waals surface area contributed by atoms with Gasteiger partial charge in [-0.25, -0.2) is 0 Å². The standard InChI is InChI=1S/C22H18N2O5/c1-12(25)13-4-6-15(7-5-13)23-21(27)17-11-16-18(24-22(17)28)9-14(10-19(16)26)20-3-2-8-29-20/h2-8,11,14H,9-10H2,1H3,(H,23,27)(H,24,28)/t14-/m0/s1. The summed E-state index contributed by atoms with van der Waals surface area (Å²) in [5, 5.41) is 2.62. The molecule has 3 aromatic rings. The Labute approximate surface area is 165 Å². The zero-order valence-electron chi connectivity index (χ0n) is 15.7. The summed E-state index contributed by atoms with van der Waals surface area (Å²) in [6.45, 7) is 1.45. The number of furan rings is 1. The molecule has 7 heteroatoms. The fourth-order valence-corrected chi connectivity index (χ4v) is 3.51. The number of H-pyrrole nitrogens is 1. The lowest BCUT2D eigenvalue weighted by Gasteiger charge is -2.22. The van der Waals surface area contributed by atoms with E-state index in [4.69, 9.17) is 4.42 Å². The zero-order chi connectivity index (χ0) is 20.5. The second-order valence-electron chi connectivity index (χ2n) is 7.04. The first-order chi connectivity index (χ1) is 13.9. The van der Waals surface area contributed by atoms with Crippen molar-refractivity contribution in [2.75, 3.05) is 5.32 Å². The van der Waals surface area contributed by atoms with Crippen LogP contribution < -0.4 is 10.9 Å². The fourth-order valence-electron chi connectivity index (χ4n) is 3.51. The minimum Gasteiger partial charge on any atom is -0.469 e. The number of hydrogen-bond donors (Lipinski definition) is 2. The number of carbonyl (C=O) groups excluding carboxylic acids is 3. The molecule has 1 aliphatic carbocycles. The van der Waals surface area contributed by atoms with Gasteiger partial charge in [-0.1, -0.05) is 0 Å². The molecule has 29 heavy (non-hydrogen) atoms. The van der Waals surface area contributed by atoms with E-state index >= 15 is 0 Å². The van der Waals surface area contributed by atoms with Crippen LogP contribution in [0.5, 0.6) is 0 Å². The molecule has 0 radical (unpaired) electrons. The molecule has 2 aromatic heterocycles. The van der Waals surface area contributed by atoms with Gasteiger partial charge < -0.3 is 14.7 Å². The smallest absolute Gasteiger partial charge is 0.261 e. The molecule has 1 atom stereocenters. The lowest BCUT2D eigenvalue weighted by atomic mass is 9.84. The van der Waals surface area contributed by atoms with Crippen molar-refractivity contribution in [1.29, 1.82) is 0 Å². The number of carbonyl (C=O) groups is 3. The fraction of sp³-hybridized carbons (Fsp3) is 0.182. The van der Waals surface area contributed by atoms with Crippen LogP contribution in [0.15, 0.2) is 57.9 Å². The summed E-state index contributed by atoms with van der Waals surface area (Å²) in [5.41, 5.74) is 1.13. The molecule has 0 spiro atoms. The Bertz CT molecular complexity index is 1160. The van der Waals surface area contributed by atoms with Gasteiger partial charge in [0.15, 0.2) is 11.6 Å². The number of benzene rings is 1. The van der Waals surface area contributed by atoms with Gasteiger partial charge in [0.05, 0.1) is 6.26 Å². The Morgan fingerprint density at radius 1 is 1.10 bits per heavy atom. The van der Waals surface area contributed by atoms with Crippen molar-refractivity contribution in [2.45, 2.75) is 25.7 Å². The summed E-state index contributed by atoms with van der Waals surface area (Å²) in [4.78, 5) is 51.7. The Balaban J connectivity index is 1.59. The SMILES string of the molecule is CC(=O)c1ccc(NC(=O)c2cc3c([nH]c2=O)C[C@H](c2ccco2)CC3=O)cc1. The van der Waals surface area contributed by atoms with Crippen LogP contribution >= 0.6 is 0 Å². The highest BCUT2D eigenvalue weighted by Gasteiger charge is 2.30. The number of hydrogen-bond acceptors (Lipinski definition) is 5. The molecular formula is C22H18N2O5. The van der Waals surface area contributed by atoms with Crippen molar-refractivity contribution in [3.8, 4) is 0 Å². The van der Waals surface area contributed by atoms with Crippen LogP contribution in [0.25, 0.3) is 0 Å². The monoisotopic (exact) mass is 390 g/mol. The number of aromatic nitrogens is 1. The number of pyridine rings is 1. The normalized spacial score (nSPS) is 15.6. The van der Waals surface area contributed by atoms with Crippen LogP contribution in [-0.2, 0) is 6.42 Å². The highest BCUT2D eigenvalue weighted by molar-refractivity contribution is 6.07. The van der Waals surface area contributed by atoms with Crippen molar-refractivity contribution in [1.82, 2.24) is 4.98 Å². The van der Waals surface area contributed by atoms with E-state index in [1.165, 1.54) is 13.0 Å². The van der Waals surface area contributed by atoms with E-state index in [-0.39, 0.29) is 29.5 Å². The van der Waals surface area contributed by atoms with Crippen molar-refractivity contribution in [2.24, 2.45) is 0 Å². The number of aromatic amines is 1. The Hall–Kier alpha value is -3.74. The highest BCUT2D eigenvalue weighted by Crippen LogP contribution is 2.31. The van der Waals surface area contributed by atoms with Crippen LogP contribution in [-0.4, -0.2) is 22.5 Å². The second kappa shape index (κ2) is 7.35. The maximum Gasteiger partial charge on any atom is 0.261 e. The van der Waals surface area contributed by atoms with Crippen molar-refractivity contribution in [3.63, 3.8) is 0 Å². The number of rotatable bonds is 4. The predicted octanol–water partition coefficient (Wildman–Crippen LogP) is 3.34. The van der Waals surface area contributed by atoms with E-state index in [9.17, 15) is 19.2 Å². The zero-order valence-corrected chi connectivity index (χ0v) is 15.7. The average molecular weight is 390 g/mol.